The van der Waals surface area contributed by atoms with Crippen molar-refractivity contribution in [3.8, 4) is 22.5 Å². The van der Waals surface area contributed by atoms with E-state index in [1.165, 1.54) is 12.1 Å². The normalized spacial score (nSPS) is 10.7. The van der Waals surface area contributed by atoms with Crippen LogP contribution in [0.4, 0.5) is 10.2 Å². The number of benzene rings is 1. The van der Waals surface area contributed by atoms with Crippen molar-refractivity contribution in [1.82, 2.24) is 10.1 Å². The van der Waals surface area contributed by atoms with Crippen LogP contribution in [0, 0.1) is 12.7 Å². The van der Waals surface area contributed by atoms with Crippen molar-refractivity contribution >= 4 is 5.82 Å². The van der Waals surface area contributed by atoms with Crippen LogP contribution < -0.4 is 5.73 Å². The van der Waals surface area contributed by atoms with Crippen LogP contribution in [0.25, 0.3) is 22.5 Å². The van der Waals surface area contributed by atoms with Gasteiger partial charge in [0.1, 0.15) is 5.82 Å². The number of nitrogens with zero attached hydrogens (tertiary/aromatic N) is 2. The number of hydrogen-bond acceptors (Lipinski definition) is 4. The highest BCUT2D eigenvalue weighted by Crippen LogP contribution is 2.37. The van der Waals surface area contributed by atoms with Gasteiger partial charge in [-0.2, -0.15) is 0 Å². The second kappa shape index (κ2) is 4.77. The molecule has 2 aromatic heterocycles. The maximum Gasteiger partial charge on any atom is 0.178 e. The van der Waals surface area contributed by atoms with Crippen LogP contribution in [0.15, 0.2) is 47.1 Å². The molecule has 0 aliphatic carbocycles. The number of halogens is 1. The molecule has 0 atom stereocenters. The van der Waals surface area contributed by atoms with E-state index in [2.05, 4.69) is 10.1 Å². The molecule has 3 aromatic rings. The van der Waals surface area contributed by atoms with E-state index in [-0.39, 0.29) is 11.6 Å². The first kappa shape index (κ1) is 12.3. The molecule has 1 aromatic carbocycles. The molecule has 0 spiro atoms. The van der Waals surface area contributed by atoms with E-state index >= 15 is 0 Å². The third kappa shape index (κ3) is 2.03. The first-order chi connectivity index (χ1) is 9.66. The van der Waals surface area contributed by atoms with E-state index in [0.29, 0.717) is 11.3 Å². The Labute approximate surface area is 115 Å². The van der Waals surface area contributed by atoms with Gasteiger partial charge in [-0.3, -0.25) is 4.98 Å². The average Bonchev–Trinajstić information content (AvgIpc) is 2.82. The van der Waals surface area contributed by atoms with Crippen LogP contribution in [0.5, 0.6) is 0 Å². The summed E-state index contributed by atoms with van der Waals surface area (Å²) >= 11 is 0. The van der Waals surface area contributed by atoms with Gasteiger partial charge in [0.15, 0.2) is 11.6 Å². The highest BCUT2D eigenvalue weighted by atomic mass is 19.1. The minimum absolute atomic E-state index is 0.273. The summed E-state index contributed by atoms with van der Waals surface area (Å²) in [5.74, 6) is 0.512. The lowest BCUT2D eigenvalue weighted by molar-refractivity contribution is 0.435. The van der Waals surface area contributed by atoms with Gasteiger partial charge in [0, 0.05) is 17.5 Å². The maximum absolute atomic E-state index is 13.0. The van der Waals surface area contributed by atoms with Gasteiger partial charge in [0.05, 0.1) is 5.56 Å². The fourth-order valence-electron chi connectivity index (χ4n) is 2.11. The largest absolute Gasteiger partial charge is 0.380 e. The lowest BCUT2D eigenvalue weighted by Crippen LogP contribution is -1.91. The quantitative estimate of drug-likeness (QED) is 0.774. The van der Waals surface area contributed by atoms with Gasteiger partial charge in [0.2, 0.25) is 0 Å². The van der Waals surface area contributed by atoms with Crippen LogP contribution in [0.3, 0.4) is 0 Å². The first-order valence-electron chi connectivity index (χ1n) is 6.10. The number of anilines is 1. The van der Waals surface area contributed by atoms with Gasteiger partial charge in [0.25, 0.3) is 0 Å². The highest BCUT2D eigenvalue weighted by molar-refractivity contribution is 5.86. The molecule has 0 unspecified atom stereocenters. The summed E-state index contributed by atoms with van der Waals surface area (Å²) < 4.78 is 18.4. The molecule has 0 saturated heterocycles. The molecule has 20 heavy (non-hydrogen) atoms. The van der Waals surface area contributed by atoms with Gasteiger partial charge in [-0.15, -0.1) is 0 Å². The average molecular weight is 269 g/mol. The Morgan fingerprint density at radius 3 is 2.60 bits per heavy atom. The van der Waals surface area contributed by atoms with Crippen molar-refractivity contribution in [1.29, 1.82) is 0 Å². The molecule has 0 fully saturated rings. The molecule has 4 nitrogen and oxygen atoms in total. The number of pyridine rings is 1. The lowest BCUT2D eigenvalue weighted by Gasteiger charge is -2.04. The Morgan fingerprint density at radius 2 is 1.90 bits per heavy atom. The highest BCUT2D eigenvalue weighted by Gasteiger charge is 2.19. The SMILES string of the molecule is Cc1ncccc1-c1onc(N)c1-c1ccc(F)cc1. The standard InChI is InChI=1S/C15H12FN3O/c1-9-12(3-2-8-18-9)14-13(15(17)19-20-14)10-4-6-11(16)7-5-10/h2-8H,1H3,(H2,17,19). The van der Waals surface area contributed by atoms with Gasteiger partial charge in [-0.1, -0.05) is 17.3 Å². The number of aromatic nitrogens is 2. The Morgan fingerprint density at radius 1 is 1.15 bits per heavy atom. The van der Waals surface area contributed by atoms with Crippen molar-refractivity contribution < 1.29 is 8.91 Å². The summed E-state index contributed by atoms with van der Waals surface area (Å²) in [5, 5.41) is 3.81. The first-order valence-corrected chi connectivity index (χ1v) is 6.10. The van der Waals surface area contributed by atoms with Crippen LogP contribution in [-0.4, -0.2) is 10.1 Å². The molecule has 2 N–H and O–H groups in total. The fourth-order valence-corrected chi connectivity index (χ4v) is 2.11. The summed E-state index contributed by atoms with van der Waals surface area (Å²) in [6, 6.07) is 9.75. The third-order valence-corrected chi connectivity index (χ3v) is 3.10. The zero-order valence-electron chi connectivity index (χ0n) is 10.8. The second-order valence-corrected chi connectivity index (χ2v) is 4.42. The number of nitrogen functional groups attached to an aromatic ring is 1. The third-order valence-electron chi connectivity index (χ3n) is 3.10. The molecule has 0 aliphatic rings. The van der Waals surface area contributed by atoms with E-state index in [1.54, 1.807) is 18.3 Å². The summed E-state index contributed by atoms with van der Waals surface area (Å²) in [6.45, 7) is 1.88. The van der Waals surface area contributed by atoms with E-state index in [1.807, 2.05) is 19.1 Å². The monoisotopic (exact) mass is 269 g/mol. The Bertz CT molecular complexity index is 750. The summed E-state index contributed by atoms with van der Waals surface area (Å²) in [6.07, 6.45) is 1.70. The second-order valence-electron chi connectivity index (χ2n) is 4.42. The van der Waals surface area contributed by atoms with E-state index in [0.717, 1.165) is 16.8 Å². The summed E-state index contributed by atoms with van der Waals surface area (Å²) in [7, 11) is 0. The molecular formula is C15H12FN3O. The zero-order chi connectivity index (χ0) is 14.1. The smallest absolute Gasteiger partial charge is 0.178 e. The van der Waals surface area contributed by atoms with Gasteiger partial charge in [-0.05, 0) is 36.8 Å². The van der Waals surface area contributed by atoms with Crippen LogP contribution in [0.2, 0.25) is 0 Å². The Kier molecular flexibility index (Phi) is 2.95. The number of hydrogen-bond donors (Lipinski definition) is 1. The van der Waals surface area contributed by atoms with E-state index in [4.69, 9.17) is 10.3 Å². The van der Waals surface area contributed by atoms with Crippen LogP contribution in [0.1, 0.15) is 5.69 Å². The van der Waals surface area contributed by atoms with Crippen molar-refractivity contribution in [2.75, 3.05) is 5.73 Å². The molecule has 5 heteroatoms. The molecule has 0 aliphatic heterocycles. The van der Waals surface area contributed by atoms with Crippen LogP contribution >= 0.6 is 0 Å². The molecule has 0 saturated carbocycles. The molecular weight excluding hydrogens is 257 g/mol. The molecule has 2 heterocycles. The molecule has 0 bridgehead atoms. The number of nitrogens with two attached hydrogens (primary N) is 1. The lowest BCUT2D eigenvalue weighted by atomic mass is 10.0. The van der Waals surface area contributed by atoms with Crippen LogP contribution in [-0.2, 0) is 0 Å². The predicted octanol–water partition coefficient (Wildman–Crippen LogP) is 3.43. The minimum Gasteiger partial charge on any atom is -0.380 e. The van der Waals surface area contributed by atoms with Crippen molar-refractivity contribution in [3.63, 3.8) is 0 Å². The molecule has 3 rings (SSSR count). The Balaban J connectivity index is 2.20. The zero-order valence-corrected chi connectivity index (χ0v) is 10.8. The molecule has 0 amide bonds. The van der Waals surface area contributed by atoms with Crippen molar-refractivity contribution in [2.24, 2.45) is 0 Å². The van der Waals surface area contributed by atoms with Gasteiger partial charge < -0.3 is 10.3 Å². The maximum atomic E-state index is 13.0. The topological polar surface area (TPSA) is 64.9 Å². The molecule has 100 valence electrons. The van der Waals surface area contributed by atoms with Crippen molar-refractivity contribution in [2.45, 2.75) is 6.92 Å². The van der Waals surface area contributed by atoms with Crippen molar-refractivity contribution in [3.05, 3.63) is 54.1 Å². The number of aryl methyl sites for hydroxylation is 1. The number of rotatable bonds is 2. The Hall–Kier alpha value is -2.69. The summed E-state index contributed by atoms with van der Waals surface area (Å²) in [5.41, 5.74) is 8.91. The van der Waals surface area contributed by atoms with E-state index < -0.39 is 0 Å². The fraction of sp³-hybridized carbons (Fsp3) is 0.0667. The predicted molar refractivity (Wildman–Crippen MR) is 74.3 cm³/mol. The van der Waals surface area contributed by atoms with Gasteiger partial charge in [-0.25, -0.2) is 4.39 Å². The van der Waals surface area contributed by atoms with E-state index in [9.17, 15) is 4.39 Å². The van der Waals surface area contributed by atoms with Gasteiger partial charge >= 0.3 is 0 Å². The summed E-state index contributed by atoms with van der Waals surface area (Å²) in [4.78, 5) is 4.23. The molecule has 0 radical (unpaired) electrons. The minimum atomic E-state index is -0.303.